The van der Waals surface area contributed by atoms with Gasteiger partial charge in [-0.1, -0.05) is 6.08 Å². The molecule has 1 heterocycles. The molecule has 0 unspecified atom stereocenters. The van der Waals surface area contributed by atoms with Gasteiger partial charge in [0.05, 0.1) is 31.4 Å². The number of hydrogen-bond acceptors (Lipinski definition) is 3. The highest BCUT2D eigenvalue weighted by atomic mass is 32.1. The standard InChI is InChI=1S/C14H17FN2O2S/c1-3-4-6-19-7-5-17-12-9-13(18-2)10(15)8-11(12)16-14(17)20/h3,8-9H,1,4-7H2,2H3,(H,16,20). The van der Waals surface area contributed by atoms with Gasteiger partial charge >= 0.3 is 0 Å². The third kappa shape index (κ3) is 3.08. The third-order valence-electron chi connectivity index (χ3n) is 2.97. The SMILES string of the molecule is C=CCCOCCn1c(=S)[nH]c2cc(F)c(OC)cc21. The maximum atomic E-state index is 13.6. The largest absolute Gasteiger partial charge is 0.494 e. The molecular weight excluding hydrogens is 279 g/mol. The van der Waals surface area contributed by atoms with Crippen molar-refractivity contribution in [2.75, 3.05) is 20.3 Å². The molecule has 0 atom stereocenters. The molecule has 0 saturated carbocycles. The van der Waals surface area contributed by atoms with Gasteiger partial charge in [-0.3, -0.25) is 0 Å². The average Bonchev–Trinajstić information content (AvgIpc) is 2.72. The fraction of sp³-hybridized carbons (Fsp3) is 0.357. The van der Waals surface area contributed by atoms with Crippen LogP contribution in [0.3, 0.4) is 0 Å². The van der Waals surface area contributed by atoms with E-state index in [1.54, 1.807) is 6.07 Å². The van der Waals surface area contributed by atoms with Crippen molar-refractivity contribution in [3.63, 3.8) is 0 Å². The molecule has 1 aromatic carbocycles. The predicted octanol–water partition coefficient (Wildman–Crippen LogP) is 3.44. The molecule has 108 valence electrons. The summed E-state index contributed by atoms with van der Waals surface area (Å²) in [5.41, 5.74) is 1.46. The highest BCUT2D eigenvalue weighted by molar-refractivity contribution is 7.71. The zero-order valence-corrected chi connectivity index (χ0v) is 12.1. The summed E-state index contributed by atoms with van der Waals surface area (Å²) in [6, 6.07) is 3.03. The topological polar surface area (TPSA) is 39.2 Å². The molecule has 0 aliphatic rings. The Labute approximate surface area is 121 Å². The normalized spacial score (nSPS) is 10.9. The van der Waals surface area contributed by atoms with Gasteiger partial charge in [0, 0.05) is 18.7 Å². The number of rotatable bonds is 7. The van der Waals surface area contributed by atoms with E-state index in [9.17, 15) is 4.39 Å². The summed E-state index contributed by atoms with van der Waals surface area (Å²) in [6.07, 6.45) is 2.63. The smallest absolute Gasteiger partial charge is 0.178 e. The highest BCUT2D eigenvalue weighted by Gasteiger charge is 2.10. The number of halogens is 1. The van der Waals surface area contributed by atoms with Crippen LogP contribution in [0.2, 0.25) is 0 Å². The van der Waals surface area contributed by atoms with Crippen LogP contribution in [0.4, 0.5) is 4.39 Å². The molecule has 0 radical (unpaired) electrons. The van der Waals surface area contributed by atoms with Gasteiger partial charge in [0.15, 0.2) is 16.3 Å². The number of nitrogens with one attached hydrogen (secondary N) is 1. The van der Waals surface area contributed by atoms with Crippen molar-refractivity contribution in [1.82, 2.24) is 9.55 Å². The van der Waals surface area contributed by atoms with E-state index in [1.165, 1.54) is 13.2 Å². The molecule has 1 N–H and O–H groups in total. The minimum Gasteiger partial charge on any atom is -0.494 e. The Morgan fingerprint density at radius 2 is 2.25 bits per heavy atom. The second-order valence-electron chi connectivity index (χ2n) is 4.28. The molecule has 20 heavy (non-hydrogen) atoms. The van der Waals surface area contributed by atoms with Crippen LogP contribution in [0.25, 0.3) is 11.0 Å². The minimum absolute atomic E-state index is 0.202. The van der Waals surface area contributed by atoms with Crippen molar-refractivity contribution in [3.05, 3.63) is 35.4 Å². The molecule has 2 rings (SSSR count). The predicted molar refractivity (Wildman–Crippen MR) is 79.3 cm³/mol. The molecule has 0 saturated heterocycles. The number of benzene rings is 1. The molecule has 0 bridgehead atoms. The first kappa shape index (κ1) is 14.7. The fourth-order valence-electron chi connectivity index (χ4n) is 1.96. The Bertz CT molecular complexity index is 663. The minimum atomic E-state index is -0.411. The number of hydrogen-bond donors (Lipinski definition) is 1. The lowest BCUT2D eigenvalue weighted by Crippen LogP contribution is -2.06. The number of fused-ring (bicyclic) bond motifs is 1. The zero-order valence-electron chi connectivity index (χ0n) is 11.3. The maximum Gasteiger partial charge on any atom is 0.178 e. The van der Waals surface area contributed by atoms with E-state index in [4.69, 9.17) is 21.7 Å². The van der Waals surface area contributed by atoms with E-state index >= 15 is 0 Å². The van der Waals surface area contributed by atoms with Gasteiger partial charge in [0.25, 0.3) is 0 Å². The van der Waals surface area contributed by atoms with E-state index in [-0.39, 0.29) is 5.75 Å². The monoisotopic (exact) mass is 296 g/mol. The van der Waals surface area contributed by atoms with Crippen LogP contribution in [0, 0.1) is 10.6 Å². The van der Waals surface area contributed by atoms with Crippen molar-refractivity contribution >= 4 is 23.3 Å². The fourth-order valence-corrected chi connectivity index (χ4v) is 2.26. The summed E-state index contributed by atoms with van der Waals surface area (Å²) in [4.78, 5) is 2.98. The molecule has 1 aromatic heterocycles. The van der Waals surface area contributed by atoms with Crippen LogP contribution < -0.4 is 4.74 Å². The quantitative estimate of drug-likeness (QED) is 0.483. The van der Waals surface area contributed by atoms with Crippen LogP contribution in [-0.2, 0) is 11.3 Å². The van der Waals surface area contributed by atoms with E-state index in [2.05, 4.69) is 11.6 Å². The Kier molecular flexibility index (Phi) is 4.92. The first-order chi connectivity index (χ1) is 9.67. The molecule has 0 amide bonds. The molecule has 0 spiro atoms. The molecule has 0 aliphatic heterocycles. The third-order valence-corrected chi connectivity index (χ3v) is 3.30. The van der Waals surface area contributed by atoms with Gasteiger partial charge < -0.3 is 19.0 Å². The van der Waals surface area contributed by atoms with Gasteiger partial charge in [-0.05, 0) is 18.6 Å². The zero-order chi connectivity index (χ0) is 14.5. The van der Waals surface area contributed by atoms with Crippen molar-refractivity contribution in [2.45, 2.75) is 13.0 Å². The van der Waals surface area contributed by atoms with Crippen molar-refractivity contribution < 1.29 is 13.9 Å². The molecule has 2 aromatic rings. The summed E-state index contributed by atoms with van der Waals surface area (Å²) < 4.78 is 26.5. The number of aromatic nitrogens is 2. The van der Waals surface area contributed by atoms with Crippen molar-refractivity contribution in [1.29, 1.82) is 0 Å². The Morgan fingerprint density at radius 3 is 2.95 bits per heavy atom. The van der Waals surface area contributed by atoms with E-state index in [0.717, 1.165) is 11.9 Å². The van der Waals surface area contributed by atoms with Gasteiger partial charge in [-0.2, -0.15) is 0 Å². The number of methoxy groups -OCH3 is 1. The van der Waals surface area contributed by atoms with Gasteiger partial charge in [-0.25, -0.2) is 4.39 Å². The van der Waals surface area contributed by atoms with Gasteiger partial charge in [0.1, 0.15) is 0 Å². The van der Waals surface area contributed by atoms with Gasteiger partial charge in [0.2, 0.25) is 0 Å². The number of H-pyrrole nitrogens is 1. The second kappa shape index (κ2) is 6.67. The van der Waals surface area contributed by atoms with Crippen LogP contribution >= 0.6 is 12.2 Å². The molecular formula is C14H17FN2O2S. The number of nitrogens with zero attached hydrogens (tertiary/aromatic N) is 1. The summed E-state index contributed by atoms with van der Waals surface area (Å²) >= 11 is 5.25. The van der Waals surface area contributed by atoms with Crippen LogP contribution in [0.1, 0.15) is 6.42 Å². The van der Waals surface area contributed by atoms with Crippen LogP contribution in [-0.4, -0.2) is 29.9 Å². The van der Waals surface area contributed by atoms with Crippen molar-refractivity contribution in [3.8, 4) is 5.75 Å². The van der Waals surface area contributed by atoms with Crippen LogP contribution in [0.5, 0.6) is 5.75 Å². The van der Waals surface area contributed by atoms with E-state index in [0.29, 0.717) is 30.0 Å². The molecule has 0 aliphatic carbocycles. The van der Waals surface area contributed by atoms with Crippen LogP contribution in [0.15, 0.2) is 24.8 Å². The summed E-state index contributed by atoms with van der Waals surface area (Å²) in [5.74, 6) is -0.210. The Morgan fingerprint density at radius 1 is 1.45 bits per heavy atom. The van der Waals surface area contributed by atoms with E-state index < -0.39 is 5.82 Å². The number of ether oxygens (including phenoxy) is 2. The molecule has 0 fully saturated rings. The number of aromatic amines is 1. The van der Waals surface area contributed by atoms with Crippen molar-refractivity contribution in [2.24, 2.45) is 0 Å². The van der Waals surface area contributed by atoms with E-state index in [1.807, 2.05) is 10.6 Å². The first-order valence-corrected chi connectivity index (χ1v) is 6.73. The second-order valence-corrected chi connectivity index (χ2v) is 4.66. The average molecular weight is 296 g/mol. The summed E-state index contributed by atoms with van der Waals surface area (Å²) in [5, 5.41) is 0. The number of imidazole rings is 1. The molecule has 4 nitrogen and oxygen atoms in total. The lowest BCUT2D eigenvalue weighted by atomic mass is 10.3. The lowest BCUT2D eigenvalue weighted by molar-refractivity contribution is 0.131. The maximum absolute atomic E-state index is 13.6. The highest BCUT2D eigenvalue weighted by Crippen LogP contribution is 2.24. The molecule has 6 heteroatoms. The summed E-state index contributed by atoms with van der Waals surface area (Å²) in [7, 11) is 1.44. The lowest BCUT2D eigenvalue weighted by Gasteiger charge is -2.07. The Hall–Kier alpha value is -1.66. The Balaban J connectivity index is 2.21. The first-order valence-electron chi connectivity index (χ1n) is 6.32. The van der Waals surface area contributed by atoms with Gasteiger partial charge in [-0.15, -0.1) is 6.58 Å². The summed E-state index contributed by atoms with van der Waals surface area (Å²) in [6.45, 7) is 5.41.